The summed E-state index contributed by atoms with van der Waals surface area (Å²) in [4.78, 5) is 44.5. The van der Waals surface area contributed by atoms with Crippen molar-refractivity contribution in [1.82, 2.24) is 4.57 Å². The molecule has 49 heavy (non-hydrogen) atoms. The second-order valence-electron chi connectivity index (χ2n) is 10.9. The number of esters is 2. The zero-order valence-electron chi connectivity index (χ0n) is 27.5. The third-order valence-electron chi connectivity index (χ3n) is 7.46. The van der Waals surface area contributed by atoms with Gasteiger partial charge in [0.15, 0.2) is 22.9 Å². The molecule has 4 aromatic rings. The molecule has 0 N–H and O–H groups in total. The highest BCUT2D eigenvalue weighted by Gasteiger charge is 2.34. The molecule has 10 nitrogen and oxygen atoms in total. The lowest BCUT2D eigenvalue weighted by atomic mass is 9.95. The van der Waals surface area contributed by atoms with Crippen molar-refractivity contribution in [1.29, 1.82) is 0 Å². The summed E-state index contributed by atoms with van der Waals surface area (Å²) in [6.07, 6.45) is 1.83. The molecule has 13 heteroatoms. The van der Waals surface area contributed by atoms with Crippen LogP contribution in [0.2, 0.25) is 0 Å². The molecule has 0 aliphatic carbocycles. The zero-order chi connectivity index (χ0) is 35.2. The highest BCUT2D eigenvalue weighted by atomic mass is 127. The van der Waals surface area contributed by atoms with Gasteiger partial charge in [-0.2, -0.15) is 0 Å². The van der Waals surface area contributed by atoms with Crippen molar-refractivity contribution < 1.29 is 33.3 Å². The quantitative estimate of drug-likeness (QED) is 0.129. The molecule has 2 heterocycles. The van der Waals surface area contributed by atoms with Crippen molar-refractivity contribution in [3.8, 4) is 17.2 Å². The highest BCUT2D eigenvalue weighted by Crippen LogP contribution is 2.36. The number of carbonyl (C=O) groups excluding carboxylic acids is 2. The van der Waals surface area contributed by atoms with Gasteiger partial charge in [-0.05, 0) is 120 Å². The summed E-state index contributed by atoms with van der Waals surface area (Å²) < 4.78 is 31.6. The summed E-state index contributed by atoms with van der Waals surface area (Å²) in [5, 5.41) is 0. The molecule has 5 rings (SSSR count). The van der Waals surface area contributed by atoms with Crippen LogP contribution in [-0.4, -0.2) is 43.4 Å². The maximum atomic E-state index is 14.2. The fourth-order valence-corrected chi connectivity index (χ4v) is 8.47. The van der Waals surface area contributed by atoms with Gasteiger partial charge in [0, 0.05) is 0 Å². The van der Waals surface area contributed by atoms with Gasteiger partial charge in [-0.15, -0.1) is 0 Å². The third-order valence-corrected chi connectivity index (χ3v) is 10.0. The normalized spacial score (nSPS) is 14.2. The number of aromatic nitrogens is 1. The minimum atomic E-state index is -0.857. The van der Waals surface area contributed by atoms with Gasteiger partial charge < -0.3 is 23.7 Å². The maximum absolute atomic E-state index is 14.2. The summed E-state index contributed by atoms with van der Waals surface area (Å²) in [6, 6.07) is 16.4. The van der Waals surface area contributed by atoms with Crippen LogP contribution in [-0.2, 0) is 25.7 Å². The first-order valence-electron chi connectivity index (χ1n) is 15.4. The summed E-state index contributed by atoms with van der Waals surface area (Å²) >= 11 is 5.74. The number of rotatable bonds is 12. The number of halogens is 2. The van der Waals surface area contributed by atoms with Gasteiger partial charge in [0.1, 0.15) is 12.4 Å². The third kappa shape index (κ3) is 8.37. The van der Waals surface area contributed by atoms with Crippen molar-refractivity contribution in [3.63, 3.8) is 0 Å². The fraction of sp³-hybridized carbons (Fsp3) is 0.278. The van der Waals surface area contributed by atoms with Crippen LogP contribution in [0.1, 0.15) is 49.1 Å². The Kier molecular flexibility index (Phi) is 12.2. The number of ether oxygens (including phenoxy) is 5. The first kappa shape index (κ1) is 36.6. The van der Waals surface area contributed by atoms with Crippen molar-refractivity contribution in [3.05, 3.63) is 115 Å². The van der Waals surface area contributed by atoms with Gasteiger partial charge in [0.05, 0.1) is 49.3 Å². The van der Waals surface area contributed by atoms with E-state index in [-0.39, 0.29) is 24.3 Å². The number of nitrogens with zero attached hydrogens (tertiary/aromatic N) is 2. The van der Waals surface area contributed by atoms with Gasteiger partial charge in [-0.1, -0.05) is 47.2 Å². The lowest BCUT2D eigenvalue weighted by molar-refractivity contribution is -0.143. The molecule has 1 atom stereocenters. The molecule has 0 amide bonds. The number of fused-ring (bicyclic) bond motifs is 1. The van der Waals surface area contributed by atoms with Gasteiger partial charge in [-0.3, -0.25) is 9.36 Å². The summed E-state index contributed by atoms with van der Waals surface area (Å²) in [5.74, 6) is 0.322. The Morgan fingerprint density at radius 3 is 2.39 bits per heavy atom. The lowest BCUT2D eigenvalue weighted by Gasteiger charge is -2.25. The van der Waals surface area contributed by atoms with Crippen LogP contribution in [0.3, 0.4) is 0 Å². The Bertz CT molecular complexity index is 2100. The number of allylic oxidation sites excluding steroid dienone is 1. The Morgan fingerprint density at radius 1 is 0.959 bits per heavy atom. The number of aryl methyl sites for hydroxylation is 1. The fourth-order valence-electron chi connectivity index (χ4n) is 5.29. The van der Waals surface area contributed by atoms with Gasteiger partial charge >= 0.3 is 11.9 Å². The molecule has 0 fully saturated rings. The van der Waals surface area contributed by atoms with E-state index in [9.17, 15) is 14.4 Å². The van der Waals surface area contributed by atoms with E-state index >= 15 is 0 Å². The largest absolute Gasteiger partial charge is 0.490 e. The lowest BCUT2D eigenvalue weighted by Crippen LogP contribution is -2.40. The molecular weight excluding hydrogens is 874 g/mol. The first-order chi connectivity index (χ1) is 23.5. The van der Waals surface area contributed by atoms with Crippen LogP contribution in [0.25, 0.3) is 6.08 Å². The predicted molar refractivity (Wildman–Crippen MR) is 203 cm³/mol. The van der Waals surface area contributed by atoms with Crippen LogP contribution in [0.15, 0.2) is 75.7 Å². The Hall–Kier alpha value is -3.70. The topological polar surface area (TPSA) is 115 Å². The zero-order valence-corrected chi connectivity index (χ0v) is 32.6. The molecule has 3 aromatic carbocycles. The average molecular weight is 909 g/mol. The molecule has 0 saturated carbocycles. The molecule has 0 radical (unpaired) electrons. The molecule has 0 bridgehead atoms. The molecule has 0 spiro atoms. The molecule has 1 aliphatic rings. The highest BCUT2D eigenvalue weighted by molar-refractivity contribution is 14.1. The number of hydrogen-bond donors (Lipinski definition) is 0. The van der Waals surface area contributed by atoms with E-state index in [1.807, 2.05) is 37.3 Å². The second-order valence-corrected chi connectivity index (χ2v) is 14.2. The first-order valence-corrected chi connectivity index (χ1v) is 18.3. The van der Waals surface area contributed by atoms with Crippen LogP contribution in [0.5, 0.6) is 17.2 Å². The van der Waals surface area contributed by atoms with Gasteiger partial charge in [-0.25, -0.2) is 14.6 Å². The molecular formula is C36H34I2N2O8S. The molecule has 1 aromatic heterocycles. The second kappa shape index (κ2) is 16.3. The molecule has 256 valence electrons. The standard InChI is InChI=1S/C36H34I2N2O8S/c1-6-45-28-17-24(11-12-27(28)47-19-30(41)44-5)32-31(35(43)46-7-2)21(4)39-36-40(32)34(42)29(49-36)16-23-14-25(37)33(26(38)15-23)48-18-22-10-8-9-20(3)13-22/h8-17,32H,6-7,18-19H2,1-5H3/b29-16-/t32-/m1/s1. The van der Waals surface area contributed by atoms with E-state index in [4.69, 9.17) is 23.7 Å². The van der Waals surface area contributed by atoms with E-state index in [2.05, 4.69) is 69.2 Å². The van der Waals surface area contributed by atoms with E-state index in [0.29, 0.717) is 45.3 Å². The van der Waals surface area contributed by atoms with Crippen LogP contribution >= 0.6 is 56.5 Å². The number of thiazole rings is 1. The van der Waals surface area contributed by atoms with Crippen LogP contribution in [0, 0.1) is 14.1 Å². The van der Waals surface area contributed by atoms with Gasteiger partial charge in [0.25, 0.3) is 5.56 Å². The van der Waals surface area contributed by atoms with E-state index in [1.165, 1.54) is 28.6 Å². The Balaban J connectivity index is 1.57. The van der Waals surface area contributed by atoms with E-state index in [0.717, 1.165) is 24.0 Å². The molecule has 0 unspecified atom stereocenters. The monoisotopic (exact) mass is 908 g/mol. The van der Waals surface area contributed by atoms with Crippen LogP contribution in [0.4, 0.5) is 0 Å². The number of hydrogen-bond acceptors (Lipinski definition) is 10. The predicted octanol–water partition coefficient (Wildman–Crippen LogP) is 5.85. The van der Waals surface area contributed by atoms with Crippen LogP contribution < -0.4 is 29.1 Å². The molecule has 1 aliphatic heterocycles. The number of benzene rings is 3. The van der Waals surface area contributed by atoms with Gasteiger partial charge in [0.2, 0.25) is 0 Å². The number of methoxy groups -OCH3 is 1. The summed E-state index contributed by atoms with van der Waals surface area (Å²) in [7, 11) is 1.28. The van der Waals surface area contributed by atoms with Crippen molar-refractivity contribution in [2.75, 3.05) is 26.9 Å². The van der Waals surface area contributed by atoms with Crippen molar-refractivity contribution in [2.45, 2.75) is 40.3 Å². The Labute approximate surface area is 314 Å². The Morgan fingerprint density at radius 2 is 1.71 bits per heavy atom. The maximum Gasteiger partial charge on any atom is 0.343 e. The van der Waals surface area contributed by atoms with E-state index < -0.39 is 18.0 Å². The van der Waals surface area contributed by atoms with E-state index in [1.54, 1.807) is 32.0 Å². The molecule has 0 saturated heterocycles. The van der Waals surface area contributed by atoms with Crippen molar-refractivity contribution in [2.24, 2.45) is 4.99 Å². The van der Waals surface area contributed by atoms with Crippen molar-refractivity contribution >= 4 is 74.5 Å². The average Bonchev–Trinajstić information content (AvgIpc) is 3.36. The number of carbonyl (C=O) groups is 2. The summed E-state index contributed by atoms with van der Waals surface area (Å²) in [5.41, 5.74) is 4.04. The SMILES string of the molecule is CCOC(=O)C1=C(C)N=c2s/c(=C\c3cc(I)c(OCc4cccc(C)c4)c(I)c3)c(=O)n2[C@@H]1c1ccc(OCC(=O)OC)c(OCC)c1. The minimum Gasteiger partial charge on any atom is -0.490 e. The summed E-state index contributed by atoms with van der Waals surface area (Å²) in [6.45, 7) is 7.92. The minimum absolute atomic E-state index is 0.152. The smallest absolute Gasteiger partial charge is 0.343 e.